The zero-order valence-corrected chi connectivity index (χ0v) is 47.3. The largest absolute Gasteiger partial charge is 0.311 e. The molecule has 0 amide bonds. The number of para-hydroxylation sites is 2. The predicted octanol–water partition coefficient (Wildman–Crippen LogP) is 17.5. The van der Waals surface area contributed by atoms with Gasteiger partial charge in [0.1, 0.15) is 0 Å². The first-order valence-corrected chi connectivity index (χ1v) is 29.2. The smallest absolute Gasteiger partial charge is 0.252 e. The summed E-state index contributed by atoms with van der Waals surface area (Å²) < 4.78 is 2.34. The SMILES string of the molecule is CCCCc1cc(I)cc(-c2nc(-c3cc(I)cc(CCCC)c3)nc(-c3cc4c5c(c3)N(c3ccccc3)c3cc6cc7ccccc7cc6cc3B5c3cc5cc6ccccc6cc5cc3N4c3ccccc3)n2)c1. The summed E-state index contributed by atoms with van der Waals surface area (Å²) in [6.45, 7) is 4.40. The Morgan fingerprint density at radius 2 is 0.727 bits per heavy atom. The first kappa shape index (κ1) is 48.0. The fourth-order valence-electron chi connectivity index (χ4n) is 12.1. The second kappa shape index (κ2) is 19.9. The van der Waals surface area contributed by atoms with Gasteiger partial charge in [0, 0.05) is 58.0 Å². The highest BCUT2D eigenvalue weighted by molar-refractivity contribution is 14.1. The summed E-state index contributed by atoms with van der Waals surface area (Å²) in [5, 5.41) is 9.78. The van der Waals surface area contributed by atoms with Crippen LogP contribution in [0.15, 0.2) is 206 Å². The van der Waals surface area contributed by atoms with E-state index in [4.69, 9.17) is 15.0 Å². The minimum absolute atomic E-state index is 0.115. The Hall–Kier alpha value is -7.41. The molecule has 0 atom stereocenters. The zero-order chi connectivity index (χ0) is 51.7. The Morgan fingerprint density at radius 1 is 0.364 bits per heavy atom. The van der Waals surface area contributed by atoms with Crippen molar-refractivity contribution in [1.29, 1.82) is 0 Å². The first-order chi connectivity index (χ1) is 37.8. The zero-order valence-electron chi connectivity index (χ0n) is 42.9. The van der Waals surface area contributed by atoms with Crippen LogP contribution in [0.5, 0.6) is 0 Å². The lowest BCUT2D eigenvalue weighted by Gasteiger charge is -2.44. The molecule has 3 heterocycles. The van der Waals surface area contributed by atoms with Crippen LogP contribution >= 0.6 is 45.2 Å². The number of aryl methyl sites for hydroxylation is 2. The molecule has 370 valence electrons. The summed E-state index contributed by atoms with van der Waals surface area (Å²) in [4.78, 5) is 21.6. The number of benzene rings is 11. The van der Waals surface area contributed by atoms with Crippen molar-refractivity contribution in [1.82, 2.24) is 15.0 Å². The van der Waals surface area contributed by atoms with Crippen molar-refractivity contribution in [3.05, 3.63) is 225 Å². The van der Waals surface area contributed by atoms with Crippen molar-refractivity contribution in [2.75, 3.05) is 9.80 Å². The molecule has 1 aromatic heterocycles. The molecular formula is C69H52BI2N5. The van der Waals surface area contributed by atoms with Crippen molar-refractivity contribution in [2.24, 2.45) is 0 Å². The van der Waals surface area contributed by atoms with Crippen LogP contribution in [-0.4, -0.2) is 21.7 Å². The van der Waals surface area contributed by atoms with E-state index in [2.05, 4.69) is 275 Å². The van der Waals surface area contributed by atoms with Crippen LogP contribution in [0.1, 0.15) is 50.7 Å². The van der Waals surface area contributed by atoms with E-state index >= 15 is 0 Å². The van der Waals surface area contributed by atoms with Gasteiger partial charge < -0.3 is 9.80 Å². The molecular weight excluding hydrogens is 1160 g/mol. The molecule has 8 heteroatoms. The molecule has 0 saturated carbocycles. The van der Waals surface area contributed by atoms with Gasteiger partial charge >= 0.3 is 0 Å². The van der Waals surface area contributed by atoms with Gasteiger partial charge in [0.2, 0.25) is 0 Å². The van der Waals surface area contributed by atoms with Crippen molar-refractivity contribution >= 4 is 145 Å². The van der Waals surface area contributed by atoms with E-state index in [1.807, 2.05) is 0 Å². The van der Waals surface area contributed by atoms with Crippen LogP contribution in [0.2, 0.25) is 0 Å². The number of unbranched alkanes of at least 4 members (excludes halogenated alkanes) is 2. The Labute approximate surface area is 477 Å². The van der Waals surface area contributed by atoms with Crippen LogP contribution in [-0.2, 0) is 12.8 Å². The molecule has 12 aromatic rings. The minimum Gasteiger partial charge on any atom is -0.311 e. The molecule has 2 aliphatic heterocycles. The Kier molecular flexibility index (Phi) is 12.4. The number of hydrogen-bond acceptors (Lipinski definition) is 5. The summed E-state index contributed by atoms with van der Waals surface area (Å²) in [6, 6.07) is 77.1. The van der Waals surface area contributed by atoms with Gasteiger partial charge in [-0.3, -0.25) is 0 Å². The van der Waals surface area contributed by atoms with Gasteiger partial charge in [0.25, 0.3) is 6.71 Å². The second-order valence-corrected chi connectivity index (χ2v) is 23.3. The predicted molar refractivity (Wildman–Crippen MR) is 343 cm³/mol. The van der Waals surface area contributed by atoms with Crippen LogP contribution in [0, 0.1) is 7.14 Å². The Bertz CT molecular complexity index is 4050. The van der Waals surface area contributed by atoms with Crippen LogP contribution in [0.4, 0.5) is 34.1 Å². The van der Waals surface area contributed by atoms with E-state index in [9.17, 15) is 0 Å². The lowest BCUT2D eigenvalue weighted by atomic mass is 9.33. The van der Waals surface area contributed by atoms with Crippen LogP contribution in [0.3, 0.4) is 0 Å². The van der Waals surface area contributed by atoms with E-state index < -0.39 is 0 Å². The summed E-state index contributed by atoms with van der Waals surface area (Å²) in [5.41, 5.74) is 16.0. The van der Waals surface area contributed by atoms with Crippen molar-refractivity contribution in [3.63, 3.8) is 0 Å². The third-order valence-corrected chi connectivity index (χ3v) is 16.9. The van der Waals surface area contributed by atoms with Gasteiger partial charge in [0.05, 0.1) is 0 Å². The maximum absolute atomic E-state index is 5.58. The average Bonchev–Trinajstić information content (AvgIpc) is 3.55. The van der Waals surface area contributed by atoms with Crippen molar-refractivity contribution < 1.29 is 0 Å². The van der Waals surface area contributed by atoms with Crippen LogP contribution < -0.4 is 26.2 Å². The number of nitrogens with zero attached hydrogens (tertiary/aromatic N) is 5. The highest BCUT2D eigenvalue weighted by atomic mass is 127. The molecule has 2 aliphatic rings. The third-order valence-electron chi connectivity index (χ3n) is 15.7. The van der Waals surface area contributed by atoms with Gasteiger partial charge in [-0.25, -0.2) is 15.0 Å². The van der Waals surface area contributed by atoms with E-state index in [0.717, 1.165) is 89.3 Å². The molecule has 0 aliphatic carbocycles. The van der Waals surface area contributed by atoms with Crippen molar-refractivity contribution in [3.8, 4) is 34.2 Å². The molecule has 0 spiro atoms. The van der Waals surface area contributed by atoms with E-state index in [0.29, 0.717) is 17.5 Å². The number of halogens is 2. The number of hydrogen-bond donors (Lipinski definition) is 0. The molecule has 0 saturated heterocycles. The van der Waals surface area contributed by atoms with Gasteiger partial charge in [-0.05, 0) is 251 Å². The quantitative estimate of drug-likeness (QED) is 0.0734. The topological polar surface area (TPSA) is 45.2 Å². The van der Waals surface area contributed by atoms with Gasteiger partial charge in [-0.2, -0.15) is 0 Å². The molecule has 14 rings (SSSR count). The first-order valence-electron chi connectivity index (χ1n) is 27.0. The lowest BCUT2D eigenvalue weighted by Crippen LogP contribution is -2.61. The Morgan fingerprint density at radius 3 is 1.12 bits per heavy atom. The van der Waals surface area contributed by atoms with Crippen LogP contribution in [0.25, 0.3) is 77.3 Å². The highest BCUT2D eigenvalue weighted by Crippen LogP contribution is 2.47. The second-order valence-electron chi connectivity index (χ2n) is 20.8. The molecule has 0 unspecified atom stereocenters. The van der Waals surface area contributed by atoms with Crippen molar-refractivity contribution in [2.45, 2.75) is 52.4 Å². The molecule has 77 heavy (non-hydrogen) atoms. The summed E-state index contributed by atoms with van der Waals surface area (Å²) in [6.07, 6.45) is 6.51. The van der Waals surface area contributed by atoms with Gasteiger partial charge in [-0.1, -0.05) is 124 Å². The van der Waals surface area contributed by atoms with E-state index in [1.54, 1.807) is 0 Å². The number of aromatic nitrogens is 3. The number of rotatable bonds is 11. The molecule has 5 nitrogen and oxygen atoms in total. The number of anilines is 6. The third kappa shape index (κ3) is 8.74. The maximum Gasteiger partial charge on any atom is 0.252 e. The normalized spacial score (nSPS) is 12.6. The summed E-state index contributed by atoms with van der Waals surface area (Å²) in [7, 11) is 0. The summed E-state index contributed by atoms with van der Waals surface area (Å²) in [5.74, 6) is 1.98. The standard InChI is InChI=1S/C69H52BI2N5/c1-3-5-17-43-27-53(35-56(71)29-43)67-73-68(54-28-44(18-6-4-2)30-57(72)36-54)75-69(74-67)55-41-64-66-65(42-55)77(59-25-11-8-12-26-59)63-40-52-34-48-22-16-14-20-46(48)32-50(52)38-61(63)70(66)60-37-49-31-45-19-13-15-21-47(45)33-51(49)39-62(60)76(64)58-23-9-7-10-24-58/h7-16,19-42H,3-6,17-18H2,1-2H3. The van der Waals surface area contributed by atoms with Gasteiger partial charge in [-0.15, -0.1) is 0 Å². The molecule has 0 fully saturated rings. The molecule has 0 bridgehead atoms. The fraction of sp³-hybridized carbons (Fsp3) is 0.116. The molecule has 11 aromatic carbocycles. The maximum atomic E-state index is 5.58. The molecule has 0 N–H and O–H groups in total. The average molecular weight is 1220 g/mol. The number of fused-ring (bicyclic) bond motifs is 8. The van der Waals surface area contributed by atoms with E-state index in [1.165, 1.54) is 77.7 Å². The Balaban J connectivity index is 1.09. The minimum atomic E-state index is -0.115. The lowest BCUT2D eigenvalue weighted by molar-refractivity contribution is 0.794. The molecule has 0 radical (unpaired) electrons. The highest BCUT2D eigenvalue weighted by Gasteiger charge is 2.44. The van der Waals surface area contributed by atoms with Gasteiger partial charge in [0.15, 0.2) is 17.5 Å². The monoisotopic (exact) mass is 1220 g/mol. The van der Waals surface area contributed by atoms with E-state index in [-0.39, 0.29) is 6.71 Å². The summed E-state index contributed by atoms with van der Waals surface area (Å²) >= 11 is 4.93. The fourth-order valence-corrected chi connectivity index (χ4v) is 13.6.